The molecule has 2 N–H and O–H groups in total. The highest BCUT2D eigenvalue weighted by Gasteiger charge is 2.22. The molecule has 0 aromatic rings. The second-order valence-electron chi connectivity index (χ2n) is 5.50. The Morgan fingerprint density at radius 1 is 0.812 bits per heavy atom. The van der Waals surface area contributed by atoms with Crippen LogP contribution in [0.4, 0.5) is 0 Å². The fourth-order valence-electron chi connectivity index (χ4n) is 2.47. The van der Waals surface area contributed by atoms with Gasteiger partial charge < -0.3 is 10.6 Å². The van der Waals surface area contributed by atoms with Gasteiger partial charge in [-0.3, -0.25) is 0 Å². The number of hydrogen-bond donors (Lipinski definition) is 2. The first-order valence-electron chi connectivity index (χ1n) is 7.17. The van der Waals surface area contributed by atoms with E-state index in [-0.39, 0.29) is 0 Å². The number of nitrogens with one attached hydrogen (secondary N) is 2. The molecule has 0 amide bonds. The van der Waals surface area contributed by atoms with Crippen molar-refractivity contribution in [1.29, 1.82) is 0 Å². The first-order valence-corrected chi connectivity index (χ1v) is 7.17. The van der Waals surface area contributed by atoms with Crippen molar-refractivity contribution in [3.8, 4) is 0 Å². The molecule has 2 heteroatoms. The minimum absolute atomic E-state index is 0.684. The Morgan fingerprint density at radius 3 is 1.38 bits per heavy atom. The van der Waals surface area contributed by atoms with Crippen molar-refractivity contribution in [2.75, 3.05) is 0 Å². The van der Waals surface area contributed by atoms with Crippen LogP contribution in [0.15, 0.2) is 0 Å². The van der Waals surface area contributed by atoms with Gasteiger partial charge in [0.1, 0.15) is 0 Å². The Bertz CT molecular complexity index is 154. The van der Waals surface area contributed by atoms with Crippen LogP contribution in [0, 0.1) is 0 Å². The third-order valence-electron chi connectivity index (χ3n) is 3.99. The molecular weight excluding hydrogens is 196 g/mol. The van der Waals surface area contributed by atoms with Gasteiger partial charge in [0.15, 0.2) is 0 Å². The van der Waals surface area contributed by atoms with E-state index in [1.54, 1.807) is 0 Å². The molecule has 1 fully saturated rings. The minimum Gasteiger partial charge on any atom is -0.312 e. The van der Waals surface area contributed by atoms with Gasteiger partial charge in [0.2, 0.25) is 0 Å². The maximum atomic E-state index is 3.73. The molecule has 0 aromatic heterocycles. The van der Waals surface area contributed by atoms with Crippen LogP contribution in [0.2, 0.25) is 0 Å². The van der Waals surface area contributed by atoms with E-state index < -0.39 is 0 Å². The van der Waals surface area contributed by atoms with E-state index in [1.807, 2.05) is 0 Å². The summed E-state index contributed by atoms with van der Waals surface area (Å²) < 4.78 is 0. The van der Waals surface area contributed by atoms with Crippen molar-refractivity contribution >= 4 is 0 Å². The molecule has 2 nitrogen and oxygen atoms in total. The summed E-state index contributed by atoms with van der Waals surface area (Å²) >= 11 is 0. The standard InChI is InChI=1S/C14H30N2/c1-5-11(3)15-13-7-9-14(10-8-13)16-12(4)6-2/h11-16H,5-10H2,1-4H3. The molecule has 0 aliphatic heterocycles. The third kappa shape index (κ3) is 4.84. The summed E-state index contributed by atoms with van der Waals surface area (Å²) in [6.45, 7) is 9.11. The SMILES string of the molecule is CCC(C)NC1CCC(NC(C)CC)CC1. The molecule has 16 heavy (non-hydrogen) atoms. The minimum atomic E-state index is 0.684. The number of rotatable bonds is 6. The summed E-state index contributed by atoms with van der Waals surface area (Å²) in [5.74, 6) is 0. The second kappa shape index (κ2) is 7.29. The van der Waals surface area contributed by atoms with Gasteiger partial charge in [-0.1, -0.05) is 13.8 Å². The van der Waals surface area contributed by atoms with Crippen LogP contribution in [0.5, 0.6) is 0 Å². The van der Waals surface area contributed by atoms with E-state index in [4.69, 9.17) is 0 Å². The van der Waals surface area contributed by atoms with Crippen LogP contribution in [0.3, 0.4) is 0 Å². The van der Waals surface area contributed by atoms with Gasteiger partial charge in [-0.25, -0.2) is 0 Å². The Morgan fingerprint density at radius 2 is 1.12 bits per heavy atom. The van der Waals surface area contributed by atoms with Crippen molar-refractivity contribution in [3.63, 3.8) is 0 Å². The molecule has 1 saturated carbocycles. The highest BCUT2D eigenvalue weighted by molar-refractivity contribution is 4.83. The summed E-state index contributed by atoms with van der Waals surface area (Å²) in [6, 6.07) is 2.91. The van der Waals surface area contributed by atoms with Gasteiger partial charge in [-0.15, -0.1) is 0 Å². The first-order chi connectivity index (χ1) is 7.65. The Balaban J connectivity index is 2.18. The lowest BCUT2D eigenvalue weighted by atomic mass is 9.90. The summed E-state index contributed by atoms with van der Waals surface area (Å²) in [6.07, 6.45) is 7.86. The Hall–Kier alpha value is -0.0800. The molecule has 0 saturated heterocycles. The molecule has 0 radical (unpaired) electrons. The van der Waals surface area contributed by atoms with Crippen LogP contribution >= 0.6 is 0 Å². The molecule has 1 rings (SSSR count). The van der Waals surface area contributed by atoms with Crippen molar-refractivity contribution in [2.45, 2.75) is 90.4 Å². The van der Waals surface area contributed by atoms with Crippen molar-refractivity contribution in [2.24, 2.45) is 0 Å². The van der Waals surface area contributed by atoms with Crippen LogP contribution in [0.1, 0.15) is 66.2 Å². The zero-order valence-electron chi connectivity index (χ0n) is 11.6. The molecule has 1 aliphatic rings. The van der Waals surface area contributed by atoms with Gasteiger partial charge in [0.05, 0.1) is 0 Å². The summed E-state index contributed by atoms with van der Waals surface area (Å²) in [5.41, 5.74) is 0. The molecule has 1 aliphatic carbocycles. The quantitative estimate of drug-likeness (QED) is 0.727. The molecule has 0 aromatic carbocycles. The fourth-order valence-corrected chi connectivity index (χ4v) is 2.47. The molecule has 0 bridgehead atoms. The van der Waals surface area contributed by atoms with Gasteiger partial charge in [-0.2, -0.15) is 0 Å². The average Bonchev–Trinajstić information content (AvgIpc) is 2.31. The van der Waals surface area contributed by atoms with Crippen LogP contribution in [-0.4, -0.2) is 24.2 Å². The van der Waals surface area contributed by atoms with E-state index in [0.717, 1.165) is 12.1 Å². The van der Waals surface area contributed by atoms with Crippen molar-refractivity contribution < 1.29 is 0 Å². The summed E-state index contributed by atoms with van der Waals surface area (Å²) in [7, 11) is 0. The number of hydrogen-bond acceptors (Lipinski definition) is 2. The highest BCUT2D eigenvalue weighted by atomic mass is 15.0. The van der Waals surface area contributed by atoms with Gasteiger partial charge in [0.25, 0.3) is 0 Å². The fraction of sp³-hybridized carbons (Fsp3) is 1.00. The maximum Gasteiger partial charge on any atom is 0.00706 e. The lowest BCUT2D eigenvalue weighted by Crippen LogP contribution is -2.44. The normalized spacial score (nSPS) is 30.0. The predicted molar refractivity (Wildman–Crippen MR) is 71.8 cm³/mol. The molecule has 96 valence electrons. The zero-order chi connectivity index (χ0) is 12.0. The second-order valence-corrected chi connectivity index (χ2v) is 5.50. The monoisotopic (exact) mass is 226 g/mol. The van der Waals surface area contributed by atoms with Crippen LogP contribution in [0.25, 0.3) is 0 Å². The predicted octanol–water partition coefficient (Wildman–Crippen LogP) is 3.07. The molecule has 2 unspecified atom stereocenters. The lowest BCUT2D eigenvalue weighted by molar-refractivity contribution is 0.276. The molecule has 0 spiro atoms. The third-order valence-corrected chi connectivity index (χ3v) is 3.99. The van der Waals surface area contributed by atoms with E-state index in [9.17, 15) is 0 Å². The van der Waals surface area contributed by atoms with E-state index in [2.05, 4.69) is 38.3 Å². The van der Waals surface area contributed by atoms with E-state index in [1.165, 1.54) is 38.5 Å². The van der Waals surface area contributed by atoms with Gasteiger partial charge in [-0.05, 0) is 52.4 Å². The van der Waals surface area contributed by atoms with Crippen LogP contribution in [-0.2, 0) is 0 Å². The van der Waals surface area contributed by atoms with Crippen molar-refractivity contribution in [1.82, 2.24) is 10.6 Å². The lowest BCUT2D eigenvalue weighted by Gasteiger charge is -2.33. The highest BCUT2D eigenvalue weighted by Crippen LogP contribution is 2.20. The largest absolute Gasteiger partial charge is 0.312 e. The maximum absolute atomic E-state index is 3.73. The molecular formula is C14H30N2. The Labute approximate surface area is 102 Å². The topological polar surface area (TPSA) is 24.1 Å². The molecule has 0 heterocycles. The summed E-state index contributed by atoms with van der Waals surface area (Å²) in [4.78, 5) is 0. The van der Waals surface area contributed by atoms with Crippen LogP contribution < -0.4 is 10.6 Å². The Kier molecular flexibility index (Phi) is 6.37. The van der Waals surface area contributed by atoms with Gasteiger partial charge >= 0.3 is 0 Å². The zero-order valence-corrected chi connectivity index (χ0v) is 11.6. The van der Waals surface area contributed by atoms with Crippen molar-refractivity contribution in [3.05, 3.63) is 0 Å². The summed E-state index contributed by atoms with van der Waals surface area (Å²) in [5, 5.41) is 7.46. The smallest absolute Gasteiger partial charge is 0.00706 e. The first kappa shape index (κ1) is 14.0. The van der Waals surface area contributed by atoms with Gasteiger partial charge in [0, 0.05) is 24.2 Å². The molecule has 2 atom stereocenters. The van der Waals surface area contributed by atoms with E-state index >= 15 is 0 Å². The average molecular weight is 226 g/mol. The van der Waals surface area contributed by atoms with E-state index in [0.29, 0.717) is 12.1 Å².